The molecule has 2 aromatic carbocycles. The minimum atomic E-state index is -0.300. The van der Waals surface area contributed by atoms with Crippen molar-refractivity contribution in [3.63, 3.8) is 0 Å². The highest BCUT2D eigenvalue weighted by Gasteiger charge is 2.15. The van der Waals surface area contributed by atoms with Gasteiger partial charge >= 0.3 is 6.03 Å². The predicted octanol–water partition coefficient (Wildman–Crippen LogP) is 7.15. The van der Waals surface area contributed by atoms with Gasteiger partial charge in [0.25, 0.3) is 0 Å². The summed E-state index contributed by atoms with van der Waals surface area (Å²) >= 11 is 8.75. The number of hydrogen-bond donors (Lipinski definition) is 4. The average Bonchev–Trinajstić information content (AvgIpc) is 3.54. The molecule has 3 heterocycles. The van der Waals surface area contributed by atoms with E-state index >= 15 is 0 Å². The lowest BCUT2D eigenvalue weighted by molar-refractivity contribution is 0.231. The van der Waals surface area contributed by atoms with E-state index in [2.05, 4.69) is 30.3 Å². The average molecular weight is 600 g/mol. The number of aromatic nitrogens is 4. The highest BCUT2D eigenvalue weighted by molar-refractivity contribution is 7.93. The maximum absolute atomic E-state index is 12.1. The highest BCUT2D eigenvalue weighted by atomic mass is 35.5. The van der Waals surface area contributed by atoms with Gasteiger partial charge in [0.15, 0.2) is 5.82 Å². The summed E-state index contributed by atoms with van der Waals surface area (Å²) in [6.07, 6.45) is 6.83. The van der Waals surface area contributed by atoms with Crippen LogP contribution in [-0.2, 0) is 6.54 Å². The van der Waals surface area contributed by atoms with Crippen LogP contribution < -0.4 is 20.7 Å². The van der Waals surface area contributed by atoms with E-state index in [4.69, 9.17) is 20.9 Å². The summed E-state index contributed by atoms with van der Waals surface area (Å²) in [7, 11) is 0. The molecule has 5 aromatic rings. The fourth-order valence-corrected chi connectivity index (χ4v) is 4.74. The Hall–Kier alpha value is -3.58. The molecular formula is C27H30ClN7O3S2. The molecule has 2 amide bonds. The van der Waals surface area contributed by atoms with Gasteiger partial charge in [-0.25, -0.2) is 14.8 Å². The molecule has 0 fully saturated rings. The number of amides is 2. The first kappa shape index (κ1) is 29.4. The van der Waals surface area contributed by atoms with Crippen LogP contribution in [-0.4, -0.2) is 47.8 Å². The maximum atomic E-state index is 12.1. The molecule has 0 radical (unpaired) electrons. The Kier molecular flexibility index (Phi) is 9.69. The fourth-order valence-electron chi connectivity index (χ4n) is 3.86. The first-order valence-electron chi connectivity index (χ1n) is 12.3. The van der Waals surface area contributed by atoms with Gasteiger partial charge in [-0.2, -0.15) is 4.37 Å². The first-order valence-corrected chi connectivity index (χ1v) is 14.6. The van der Waals surface area contributed by atoms with Gasteiger partial charge in [-0.1, -0.05) is 17.7 Å². The number of benzene rings is 2. The fraction of sp³-hybridized carbons (Fsp3) is 0.259. The third kappa shape index (κ3) is 7.54. The topological polar surface area (TPSA) is 126 Å². The quantitative estimate of drug-likeness (QED) is 0.145. The van der Waals surface area contributed by atoms with Crippen molar-refractivity contribution in [3.8, 4) is 11.5 Å². The molecule has 0 atom stereocenters. The number of fused-ring (bicyclic) bond motifs is 2. The van der Waals surface area contributed by atoms with Gasteiger partial charge in [-0.05, 0) is 80.7 Å². The molecule has 10 nitrogen and oxygen atoms in total. The number of hydrogen-bond acceptors (Lipinski definition) is 9. The molecule has 40 heavy (non-hydrogen) atoms. The van der Waals surface area contributed by atoms with Crippen LogP contribution in [0.2, 0.25) is 5.02 Å². The van der Waals surface area contributed by atoms with Crippen LogP contribution in [0.4, 0.5) is 16.3 Å². The van der Waals surface area contributed by atoms with Gasteiger partial charge in [0.05, 0.1) is 26.8 Å². The van der Waals surface area contributed by atoms with Crippen LogP contribution in [0.15, 0.2) is 61.2 Å². The number of carbonyl (C=O) groups excluding carboxylic acids is 1. The lowest BCUT2D eigenvalue weighted by Gasteiger charge is -2.20. The number of urea groups is 1. The molecule has 210 valence electrons. The van der Waals surface area contributed by atoms with Crippen molar-refractivity contribution in [3.05, 3.63) is 66.2 Å². The van der Waals surface area contributed by atoms with Crippen LogP contribution in [0.25, 0.3) is 21.1 Å². The van der Waals surface area contributed by atoms with Gasteiger partial charge in [-0.3, -0.25) is 0 Å². The second-order valence-electron chi connectivity index (χ2n) is 9.64. The van der Waals surface area contributed by atoms with Gasteiger partial charge in [0.2, 0.25) is 0 Å². The zero-order valence-electron chi connectivity index (χ0n) is 22.4. The van der Waals surface area contributed by atoms with Crippen LogP contribution in [0, 0.1) is 0 Å². The summed E-state index contributed by atoms with van der Waals surface area (Å²) in [4.78, 5) is 20.9. The molecule has 0 aliphatic carbocycles. The van der Waals surface area contributed by atoms with Gasteiger partial charge in [0.1, 0.15) is 23.3 Å². The van der Waals surface area contributed by atoms with E-state index in [1.807, 2.05) is 67.9 Å². The summed E-state index contributed by atoms with van der Waals surface area (Å²) in [5.41, 5.74) is 2.07. The van der Waals surface area contributed by atoms with Gasteiger partial charge in [-0.15, -0.1) is 0 Å². The van der Waals surface area contributed by atoms with Crippen LogP contribution in [0.3, 0.4) is 0 Å². The van der Waals surface area contributed by atoms with Crippen molar-refractivity contribution in [2.75, 3.05) is 18.1 Å². The Morgan fingerprint density at radius 1 is 1.18 bits per heavy atom. The van der Waals surface area contributed by atoms with Crippen LogP contribution >= 0.6 is 35.2 Å². The normalized spacial score (nSPS) is 11.2. The third-order valence-corrected chi connectivity index (χ3v) is 6.51. The van der Waals surface area contributed by atoms with Gasteiger partial charge in [0, 0.05) is 36.8 Å². The predicted molar refractivity (Wildman–Crippen MR) is 164 cm³/mol. The molecule has 0 spiro atoms. The van der Waals surface area contributed by atoms with Gasteiger partial charge < -0.3 is 29.8 Å². The summed E-state index contributed by atoms with van der Waals surface area (Å²) < 4.78 is 20.9. The monoisotopic (exact) mass is 599 g/mol. The molecule has 4 N–H and O–H groups in total. The molecule has 0 saturated heterocycles. The Balaban J connectivity index is 0.00000118. The molecule has 0 saturated carbocycles. The highest BCUT2D eigenvalue weighted by Crippen LogP contribution is 2.36. The summed E-state index contributed by atoms with van der Waals surface area (Å²) in [6.45, 7) is 6.82. The second-order valence-corrected chi connectivity index (χ2v) is 11.3. The first-order chi connectivity index (χ1) is 19.2. The minimum Gasteiger partial charge on any atom is -0.455 e. The van der Waals surface area contributed by atoms with E-state index in [1.54, 1.807) is 18.5 Å². The molecule has 0 unspecified atom stereocenters. The van der Waals surface area contributed by atoms with Crippen molar-refractivity contribution >= 4 is 73.8 Å². The number of carbonyl (C=O) groups is 1. The second kappa shape index (κ2) is 13.2. The van der Waals surface area contributed by atoms with E-state index < -0.39 is 0 Å². The zero-order chi connectivity index (χ0) is 28.7. The van der Waals surface area contributed by atoms with E-state index in [1.165, 1.54) is 17.9 Å². The Labute approximate surface area is 245 Å². The van der Waals surface area contributed by atoms with E-state index in [-0.39, 0.29) is 11.6 Å². The van der Waals surface area contributed by atoms with Crippen molar-refractivity contribution < 1.29 is 14.1 Å². The van der Waals surface area contributed by atoms with Crippen molar-refractivity contribution in [2.24, 2.45) is 0 Å². The minimum absolute atomic E-state index is 0.206. The smallest absolute Gasteiger partial charge is 0.315 e. The zero-order valence-corrected chi connectivity index (χ0v) is 24.8. The van der Waals surface area contributed by atoms with E-state index in [0.29, 0.717) is 35.4 Å². The lowest BCUT2D eigenvalue weighted by atomic mass is 10.1. The molecule has 13 heteroatoms. The molecule has 0 aliphatic heterocycles. The van der Waals surface area contributed by atoms with Crippen LogP contribution in [0.5, 0.6) is 11.5 Å². The third-order valence-electron chi connectivity index (χ3n) is 5.45. The molecule has 0 aliphatic rings. The molecule has 3 aromatic heterocycles. The number of anilines is 2. The molecule has 0 bridgehead atoms. The van der Waals surface area contributed by atoms with Crippen molar-refractivity contribution in [1.29, 1.82) is 0 Å². The summed E-state index contributed by atoms with van der Waals surface area (Å²) in [5.74, 6) is 1.88. The Morgan fingerprint density at radius 2 is 1.98 bits per heavy atom. The van der Waals surface area contributed by atoms with E-state index in [9.17, 15) is 4.79 Å². The molecule has 5 rings (SSSR count). The number of halogens is 1. The Bertz CT molecular complexity index is 1600. The summed E-state index contributed by atoms with van der Waals surface area (Å²) in [5, 5.41) is 10.5. The Morgan fingerprint density at radius 3 is 2.73 bits per heavy atom. The SMILES string of the molecule is CC(C)(C)NC(=O)NCCn1ccc2ncnc(Nc3ccc(Oc4cccc5sncc45)c(Cl)c3)c21.CSO. The summed E-state index contributed by atoms with van der Waals surface area (Å²) in [6, 6.07) is 13.0. The maximum Gasteiger partial charge on any atom is 0.315 e. The number of ether oxygens (including phenoxy) is 1. The van der Waals surface area contributed by atoms with E-state index in [0.717, 1.165) is 38.8 Å². The lowest BCUT2D eigenvalue weighted by Crippen LogP contribution is -2.47. The van der Waals surface area contributed by atoms with Crippen LogP contribution in [0.1, 0.15) is 20.8 Å². The number of rotatable bonds is 7. The van der Waals surface area contributed by atoms with Crippen molar-refractivity contribution in [1.82, 2.24) is 29.5 Å². The van der Waals surface area contributed by atoms with Crippen molar-refractivity contribution in [2.45, 2.75) is 32.9 Å². The molecular weight excluding hydrogens is 570 g/mol. The number of nitrogens with one attached hydrogen (secondary N) is 3. The largest absolute Gasteiger partial charge is 0.455 e. The number of nitrogens with zero attached hydrogens (tertiary/aromatic N) is 4. The standard InChI is InChI=1S/C26H26ClN7O2S.CH4OS/c1-26(2,3)33-25(35)28-10-12-34-11-9-19-23(34)24(30-15-29-19)32-16-7-8-21(18(27)13-16)36-20-5-4-6-22-17(20)14-31-37-22;1-3-2/h4-9,11,13-15H,10,12H2,1-3H3,(H2,28,33,35)(H,29,30,32);2H,1H3.